The lowest BCUT2D eigenvalue weighted by molar-refractivity contribution is -0.120. The van der Waals surface area contributed by atoms with E-state index >= 15 is 0 Å². The Morgan fingerprint density at radius 3 is 2.10 bits per heavy atom. The lowest BCUT2D eigenvalue weighted by atomic mass is 10.0. The van der Waals surface area contributed by atoms with Crippen LogP contribution in [0.5, 0.6) is 17.2 Å². The van der Waals surface area contributed by atoms with Crippen LogP contribution in [0.1, 0.15) is 5.56 Å². The maximum Gasteiger partial charge on any atom is 0.282 e. The Bertz CT molecular complexity index is 984. The van der Waals surface area contributed by atoms with Crippen LogP contribution in [0.15, 0.2) is 48.2 Å². The topological polar surface area (TPSA) is 88.5 Å². The number of hydrogen-bond donors (Lipinski definition) is 1. The van der Waals surface area contributed by atoms with Crippen molar-refractivity contribution in [1.29, 1.82) is 0 Å². The van der Waals surface area contributed by atoms with Gasteiger partial charge in [-0.2, -0.15) is 0 Å². The van der Waals surface area contributed by atoms with Gasteiger partial charge in [-0.25, -0.2) is 4.90 Å². The number of nitrogens with zero attached hydrogens (tertiary/aromatic N) is 2. The Kier molecular flexibility index (Phi) is 6.27. The average molecular weight is 412 g/mol. The molecule has 0 fully saturated rings. The summed E-state index contributed by atoms with van der Waals surface area (Å²) in [5.74, 6) is 0.528. The molecule has 0 spiro atoms. The molecule has 0 atom stereocenters. The molecule has 1 aliphatic heterocycles. The maximum atomic E-state index is 13.5. The van der Waals surface area contributed by atoms with E-state index in [0.717, 1.165) is 4.90 Å². The number of likely N-dealkylation sites (N-methyl/N-ethyl adjacent to an activating group) is 1. The van der Waals surface area contributed by atoms with Crippen molar-refractivity contribution >= 4 is 23.1 Å². The number of anilines is 1. The third-order valence-electron chi connectivity index (χ3n) is 4.88. The highest BCUT2D eigenvalue weighted by molar-refractivity contribution is 6.45. The average Bonchev–Trinajstić information content (AvgIpc) is 3.03. The molecule has 0 saturated carbocycles. The third-order valence-corrected chi connectivity index (χ3v) is 4.88. The summed E-state index contributed by atoms with van der Waals surface area (Å²) in [4.78, 5) is 29.5. The maximum absolute atomic E-state index is 13.5. The summed E-state index contributed by atoms with van der Waals surface area (Å²) in [7, 11) is 6.19. The Balaban J connectivity index is 2.13. The van der Waals surface area contributed by atoms with E-state index in [0.29, 0.717) is 28.5 Å². The van der Waals surface area contributed by atoms with Crippen LogP contribution in [0, 0.1) is 0 Å². The molecule has 1 N–H and O–H groups in total. The highest BCUT2D eigenvalue weighted by Crippen LogP contribution is 2.40. The van der Waals surface area contributed by atoms with Crippen molar-refractivity contribution in [1.82, 2.24) is 4.90 Å². The number of carbonyl (C=O) groups is 2. The summed E-state index contributed by atoms with van der Waals surface area (Å²) in [6, 6.07) is 11.8. The van der Waals surface area contributed by atoms with Crippen molar-refractivity contribution in [2.24, 2.45) is 0 Å². The van der Waals surface area contributed by atoms with E-state index in [1.165, 1.54) is 14.2 Å². The third kappa shape index (κ3) is 3.69. The van der Waals surface area contributed by atoms with Gasteiger partial charge in [0.05, 0.1) is 39.2 Å². The highest BCUT2D eigenvalue weighted by Gasteiger charge is 2.42. The fourth-order valence-electron chi connectivity index (χ4n) is 3.34. The molecule has 158 valence electrons. The molecule has 0 aliphatic carbocycles. The molecule has 0 bridgehead atoms. The zero-order valence-corrected chi connectivity index (χ0v) is 17.3. The summed E-state index contributed by atoms with van der Waals surface area (Å²) in [5.41, 5.74) is 1.34. The van der Waals surface area contributed by atoms with Crippen LogP contribution >= 0.6 is 0 Å². The first kappa shape index (κ1) is 21.2. The summed E-state index contributed by atoms with van der Waals surface area (Å²) in [6.45, 7) is 0.0326. The van der Waals surface area contributed by atoms with Crippen LogP contribution in [-0.4, -0.2) is 63.3 Å². The van der Waals surface area contributed by atoms with Crippen LogP contribution in [-0.2, 0) is 9.59 Å². The van der Waals surface area contributed by atoms with Gasteiger partial charge in [-0.3, -0.25) is 9.59 Å². The molecule has 8 nitrogen and oxygen atoms in total. The molecule has 2 amide bonds. The van der Waals surface area contributed by atoms with E-state index in [-0.39, 0.29) is 24.4 Å². The standard InChI is InChI=1S/C22H24N2O6/c1-23(11-12-25)20-19(14-5-7-15(28-2)8-6-14)21(26)24(22(20)27)17-10-9-16(29-3)13-18(17)30-4/h5-10,13,25H,11-12H2,1-4H3. The van der Waals surface area contributed by atoms with Crippen LogP contribution in [0.3, 0.4) is 0 Å². The second kappa shape index (κ2) is 8.87. The van der Waals surface area contributed by atoms with E-state index in [2.05, 4.69) is 0 Å². The monoisotopic (exact) mass is 412 g/mol. The molecular weight excluding hydrogens is 388 g/mol. The van der Waals surface area contributed by atoms with Crippen molar-refractivity contribution in [2.75, 3.05) is 46.4 Å². The molecule has 1 aliphatic rings. The molecular formula is C22H24N2O6. The van der Waals surface area contributed by atoms with Gasteiger partial charge >= 0.3 is 0 Å². The van der Waals surface area contributed by atoms with E-state index in [9.17, 15) is 14.7 Å². The molecule has 8 heteroatoms. The number of imide groups is 1. The Morgan fingerprint density at radius 2 is 1.53 bits per heavy atom. The van der Waals surface area contributed by atoms with Gasteiger partial charge < -0.3 is 24.2 Å². The Morgan fingerprint density at radius 1 is 0.900 bits per heavy atom. The predicted molar refractivity (Wildman–Crippen MR) is 112 cm³/mol. The molecule has 0 unspecified atom stereocenters. The molecule has 0 saturated heterocycles. The van der Waals surface area contributed by atoms with Crippen LogP contribution in [0.4, 0.5) is 5.69 Å². The van der Waals surface area contributed by atoms with Gasteiger partial charge in [0.25, 0.3) is 11.8 Å². The fourth-order valence-corrected chi connectivity index (χ4v) is 3.34. The van der Waals surface area contributed by atoms with Crippen LogP contribution in [0.2, 0.25) is 0 Å². The number of aliphatic hydroxyl groups is 1. The first-order valence-electron chi connectivity index (χ1n) is 9.28. The number of amides is 2. The number of hydrogen-bond acceptors (Lipinski definition) is 7. The Labute approximate surface area is 174 Å². The largest absolute Gasteiger partial charge is 0.497 e. The van der Waals surface area contributed by atoms with Crippen molar-refractivity contribution in [3.8, 4) is 17.2 Å². The molecule has 3 rings (SSSR count). The first-order chi connectivity index (χ1) is 14.5. The summed E-state index contributed by atoms with van der Waals surface area (Å²) in [5, 5.41) is 9.37. The van der Waals surface area contributed by atoms with Gasteiger partial charge in [0, 0.05) is 19.7 Å². The number of benzene rings is 2. The number of carbonyl (C=O) groups excluding carboxylic acids is 2. The number of aliphatic hydroxyl groups excluding tert-OH is 1. The quantitative estimate of drug-likeness (QED) is 0.663. The van der Waals surface area contributed by atoms with Gasteiger partial charge in [0.2, 0.25) is 0 Å². The predicted octanol–water partition coefficient (Wildman–Crippen LogP) is 1.92. The number of methoxy groups -OCH3 is 3. The lowest BCUT2D eigenvalue weighted by Gasteiger charge is -2.21. The van der Waals surface area contributed by atoms with E-state index < -0.39 is 11.8 Å². The molecule has 0 aromatic heterocycles. The molecule has 1 heterocycles. The first-order valence-corrected chi connectivity index (χ1v) is 9.28. The molecule has 2 aromatic rings. The highest BCUT2D eigenvalue weighted by atomic mass is 16.5. The normalized spacial score (nSPS) is 13.7. The number of ether oxygens (including phenoxy) is 3. The molecule has 30 heavy (non-hydrogen) atoms. The van der Waals surface area contributed by atoms with E-state index in [1.807, 2.05) is 0 Å². The minimum Gasteiger partial charge on any atom is -0.497 e. The second-order valence-corrected chi connectivity index (χ2v) is 6.58. The zero-order valence-electron chi connectivity index (χ0n) is 17.3. The zero-order chi connectivity index (χ0) is 21.8. The Hall–Kier alpha value is -3.52. The van der Waals surface area contributed by atoms with Crippen molar-refractivity contribution in [3.05, 3.63) is 53.7 Å². The van der Waals surface area contributed by atoms with Crippen molar-refractivity contribution in [2.45, 2.75) is 0 Å². The summed E-state index contributed by atoms with van der Waals surface area (Å²) >= 11 is 0. The minimum atomic E-state index is -0.495. The molecule has 0 radical (unpaired) electrons. The fraction of sp³-hybridized carbons (Fsp3) is 0.273. The van der Waals surface area contributed by atoms with Crippen LogP contribution in [0.25, 0.3) is 5.57 Å². The van der Waals surface area contributed by atoms with E-state index in [1.54, 1.807) is 61.5 Å². The SMILES string of the molecule is COc1ccc(C2=C(N(C)CCO)C(=O)N(c3ccc(OC)cc3OC)C2=O)cc1. The summed E-state index contributed by atoms with van der Waals surface area (Å²) < 4.78 is 15.8. The lowest BCUT2D eigenvalue weighted by Crippen LogP contribution is -2.35. The number of rotatable bonds is 8. The second-order valence-electron chi connectivity index (χ2n) is 6.58. The van der Waals surface area contributed by atoms with Gasteiger partial charge in [-0.1, -0.05) is 12.1 Å². The van der Waals surface area contributed by atoms with Gasteiger partial charge in [-0.05, 0) is 29.8 Å². The van der Waals surface area contributed by atoms with E-state index in [4.69, 9.17) is 14.2 Å². The minimum absolute atomic E-state index is 0.163. The van der Waals surface area contributed by atoms with Crippen molar-refractivity contribution in [3.63, 3.8) is 0 Å². The summed E-state index contributed by atoms with van der Waals surface area (Å²) in [6.07, 6.45) is 0. The van der Waals surface area contributed by atoms with Crippen LogP contribution < -0.4 is 19.1 Å². The van der Waals surface area contributed by atoms with Gasteiger partial charge in [-0.15, -0.1) is 0 Å². The van der Waals surface area contributed by atoms with Gasteiger partial charge in [0.1, 0.15) is 22.9 Å². The molecule has 2 aromatic carbocycles. The van der Waals surface area contributed by atoms with Gasteiger partial charge in [0.15, 0.2) is 0 Å². The van der Waals surface area contributed by atoms with Crippen molar-refractivity contribution < 1.29 is 28.9 Å². The smallest absolute Gasteiger partial charge is 0.282 e.